The molecule has 96 valence electrons. The Balaban J connectivity index is 2.14. The van der Waals surface area contributed by atoms with E-state index in [1.54, 1.807) is 0 Å². The van der Waals surface area contributed by atoms with Crippen molar-refractivity contribution in [1.29, 1.82) is 0 Å². The van der Waals surface area contributed by atoms with Crippen molar-refractivity contribution in [3.63, 3.8) is 0 Å². The molecule has 1 aromatic heterocycles. The van der Waals surface area contributed by atoms with E-state index in [4.69, 9.17) is 10.3 Å². The van der Waals surface area contributed by atoms with Crippen molar-refractivity contribution in [3.05, 3.63) is 46.0 Å². The summed E-state index contributed by atoms with van der Waals surface area (Å²) >= 11 is 3.41. The molecule has 0 atom stereocenters. The third-order valence-corrected chi connectivity index (χ3v) is 3.36. The fourth-order valence-electron chi connectivity index (χ4n) is 1.47. The molecule has 0 fully saturated rings. The van der Waals surface area contributed by atoms with Gasteiger partial charge in [0.1, 0.15) is 0 Å². The lowest BCUT2D eigenvalue weighted by Crippen LogP contribution is -2.28. The summed E-state index contributed by atoms with van der Waals surface area (Å²) in [5.74, 6) is 1.28. The van der Waals surface area contributed by atoms with Gasteiger partial charge in [0.2, 0.25) is 5.89 Å². The second kappa shape index (κ2) is 5.20. The highest BCUT2D eigenvalue weighted by Gasteiger charge is 2.25. The van der Waals surface area contributed by atoms with E-state index < -0.39 is 0 Å². The molecule has 1 heterocycles. The predicted molar refractivity (Wildman–Crippen MR) is 73.3 cm³/mol. The molecule has 18 heavy (non-hydrogen) atoms. The standard InChI is InChI=1S/C13H16BrN3O/c1-13(2,8-15)12-16-11(17-18-12)7-9-3-5-10(14)6-4-9/h3-6H,7-8,15H2,1-2H3. The van der Waals surface area contributed by atoms with Crippen LogP contribution in [0.5, 0.6) is 0 Å². The lowest BCUT2D eigenvalue weighted by Gasteiger charge is -2.15. The van der Waals surface area contributed by atoms with Crippen LogP contribution in [-0.4, -0.2) is 16.7 Å². The topological polar surface area (TPSA) is 64.9 Å². The summed E-state index contributed by atoms with van der Waals surface area (Å²) in [6.45, 7) is 4.46. The highest BCUT2D eigenvalue weighted by molar-refractivity contribution is 9.10. The van der Waals surface area contributed by atoms with Gasteiger partial charge in [0, 0.05) is 17.4 Å². The Hall–Kier alpha value is -1.20. The molecular formula is C13H16BrN3O. The molecule has 0 aliphatic rings. The van der Waals surface area contributed by atoms with Gasteiger partial charge >= 0.3 is 0 Å². The second-order valence-corrected chi connectivity index (χ2v) is 5.82. The van der Waals surface area contributed by atoms with Gasteiger partial charge < -0.3 is 10.3 Å². The molecule has 5 heteroatoms. The number of rotatable bonds is 4. The Morgan fingerprint density at radius 2 is 1.94 bits per heavy atom. The summed E-state index contributed by atoms with van der Waals surface area (Å²) in [6.07, 6.45) is 0.664. The fourth-order valence-corrected chi connectivity index (χ4v) is 1.74. The van der Waals surface area contributed by atoms with Gasteiger partial charge in [-0.25, -0.2) is 0 Å². The lowest BCUT2D eigenvalue weighted by molar-refractivity contribution is 0.309. The number of aromatic nitrogens is 2. The van der Waals surface area contributed by atoms with E-state index in [9.17, 15) is 0 Å². The number of nitrogens with zero attached hydrogens (tertiary/aromatic N) is 2. The molecule has 4 nitrogen and oxygen atoms in total. The first-order valence-corrected chi connectivity index (χ1v) is 6.58. The highest BCUT2D eigenvalue weighted by atomic mass is 79.9. The third-order valence-electron chi connectivity index (χ3n) is 2.83. The molecule has 0 aliphatic heterocycles. The molecule has 0 saturated carbocycles. The van der Waals surface area contributed by atoms with Crippen LogP contribution in [0.3, 0.4) is 0 Å². The highest BCUT2D eigenvalue weighted by Crippen LogP contribution is 2.20. The second-order valence-electron chi connectivity index (χ2n) is 4.91. The molecule has 0 saturated heterocycles. The maximum atomic E-state index is 5.68. The van der Waals surface area contributed by atoms with Crippen LogP contribution < -0.4 is 5.73 Å². The number of hydrogen-bond donors (Lipinski definition) is 1. The molecule has 2 aromatic rings. The summed E-state index contributed by atoms with van der Waals surface area (Å²) in [5.41, 5.74) is 6.56. The zero-order valence-electron chi connectivity index (χ0n) is 10.5. The number of nitrogens with two attached hydrogens (primary N) is 1. The van der Waals surface area contributed by atoms with Crippen molar-refractivity contribution in [1.82, 2.24) is 10.1 Å². The number of halogens is 1. The Bertz CT molecular complexity index is 519. The largest absolute Gasteiger partial charge is 0.339 e. The van der Waals surface area contributed by atoms with Gasteiger partial charge in [0.25, 0.3) is 0 Å². The quantitative estimate of drug-likeness (QED) is 0.943. The Morgan fingerprint density at radius 3 is 2.56 bits per heavy atom. The summed E-state index contributed by atoms with van der Waals surface area (Å²) in [7, 11) is 0. The molecule has 0 aliphatic carbocycles. The van der Waals surface area contributed by atoms with Gasteiger partial charge in [-0.1, -0.05) is 33.2 Å². The molecule has 2 rings (SSSR count). The van der Waals surface area contributed by atoms with Crippen LogP contribution in [0.15, 0.2) is 33.3 Å². The maximum absolute atomic E-state index is 5.68. The van der Waals surface area contributed by atoms with E-state index in [-0.39, 0.29) is 5.41 Å². The number of hydrogen-bond acceptors (Lipinski definition) is 4. The third kappa shape index (κ3) is 2.97. The van der Waals surface area contributed by atoms with Crippen molar-refractivity contribution >= 4 is 15.9 Å². The minimum atomic E-state index is -0.273. The Labute approximate surface area is 115 Å². The molecular weight excluding hydrogens is 294 g/mol. The molecule has 0 bridgehead atoms. The van der Waals surface area contributed by atoms with Gasteiger partial charge in [-0.3, -0.25) is 0 Å². The average Bonchev–Trinajstić information content (AvgIpc) is 2.81. The molecule has 0 radical (unpaired) electrons. The van der Waals surface area contributed by atoms with Crippen molar-refractivity contribution in [2.75, 3.05) is 6.54 Å². The molecule has 2 N–H and O–H groups in total. The van der Waals surface area contributed by atoms with Crippen LogP contribution in [0.4, 0.5) is 0 Å². The van der Waals surface area contributed by atoms with Crippen LogP contribution in [0, 0.1) is 0 Å². The van der Waals surface area contributed by atoms with Crippen LogP contribution in [0.1, 0.15) is 31.1 Å². The van der Waals surface area contributed by atoms with E-state index in [1.807, 2.05) is 38.1 Å². The SMILES string of the molecule is CC(C)(CN)c1nc(Cc2ccc(Br)cc2)no1. The van der Waals surface area contributed by atoms with E-state index in [0.29, 0.717) is 24.7 Å². The average molecular weight is 310 g/mol. The smallest absolute Gasteiger partial charge is 0.233 e. The van der Waals surface area contributed by atoms with Crippen LogP contribution >= 0.6 is 15.9 Å². The Morgan fingerprint density at radius 1 is 1.28 bits per heavy atom. The van der Waals surface area contributed by atoms with E-state index in [2.05, 4.69) is 26.1 Å². The zero-order chi connectivity index (χ0) is 13.2. The van der Waals surface area contributed by atoms with Gasteiger partial charge in [-0.05, 0) is 31.5 Å². The summed E-state index contributed by atoms with van der Waals surface area (Å²) in [5, 5.41) is 3.99. The van der Waals surface area contributed by atoms with Gasteiger partial charge in [-0.2, -0.15) is 4.98 Å². The molecule has 0 amide bonds. The zero-order valence-corrected chi connectivity index (χ0v) is 12.1. The van der Waals surface area contributed by atoms with Crippen LogP contribution in [0.2, 0.25) is 0 Å². The van der Waals surface area contributed by atoms with E-state index in [0.717, 1.165) is 10.0 Å². The van der Waals surface area contributed by atoms with E-state index >= 15 is 0 Å². The van der Waals surface area contributed by atoms with Crippen LogP contribution in [-0.2, 0) is 11.8 Å². The van der Waals surface area contributed by atoms with E-state index in [1.165, 1.54) is 0 Å². The minimum absolute atomic E-state index is 0.273. The first-order valence-electron chi connectivity index (χ1n) is 5.79. The van der Waals surface area contributed by atoms with Crippen molar-refractivity contribution in [2.24, 2.45) is 5.73 Å². The Kier molecular flexibility index (Phi) is 3.82. The molecule has 0 spiro atoms. The fraction of sp³-hybridized carbons (Fsp3) is 0.385. The first-order chi connectivity index (χ1) is 8.51. The van der Waals surface area contributed by atoms with Crippen molar-refractivity contribution < 1.29 is 4.52 Å². The van der Waals surface area contributed by atoms with Gasteiger partial charge in [0.15, 0.2) is 5.82 Å². The summed E-state index contributed by atoms with van der Waals surface area (Å²) < 4.78 is 6.33. The van der Waals surface area contributed by atoms with Crippen LogP contribution in [0.25, 0.3) is 0 Å². The monoisotopic (exact) mass is 309 g/mol. The lowest BCUT2D eigenvalue weighted by atomic mass is 9.94. The van der Waals surface area contributed by atoms with Gasteiger partial charge in [0.05, 0.1) is 5.41 Å². The minimum Gasteiger partial charge on any atom is -0.339 e. The maximum Gasteiger partial charge on any atom is 0.233 e. The molecule has 0 unspecified atom stereocenters. The first kappa shape index (κ1) is 13.2. The normalized spacial score (nSPS) is 11.8. The van der Waals surface area contributed by atoms with Crippen molar-refractivity contribution in [2.45, 2.75) is 25.7 Å². The molecule has 1 aromatic carbocycles. The summed E-state index contributed by atoms with van der Waals surface area (Å²) in [6, 6.07) is 8.07. The van der Waals surface area contributed by atoms with Crippen molar-refractivity contribution in [3.8, 4) is 0 Å². The summed E-state index contributed by atoms with van der Waals surface area (Å²) in [4.78, 5) is 4.40. The predicted octanol–water partition coefficient (Wildman–Crippen LogP) is 2.66. The number of benzene rings is 1. The van der Waals surface area contributed by atoms with Gasteiger partial charge in [-0.15, -0.1) is 0 Å².